The summed E-state index contributed by atoms with van der Waals surface area (Å²) in [7, 11) is 0. The standard InChI is InChI=1S/C58H72N2/c1-11-40-57(8,9)49-24-36-55(37-25-49)59(51-28-16-45(17-29-51)43(6)14-4)53-32-20-47(21-33-53)48-22-34-54(35-23-48)60(52-30-18-46(19-31-52)44(7)15-5)56-38-26-50(27-39-56)58(10,41-12-2)42-13-3/h16-39,43-44H,11-15,40-42H2,1-10H3. The Kier molecular flexibility index (Phi) is 14.8. The highest BCUT2D eigenvalue weighted by atomic mass is 15.1. The van der Waals surface area contributed by atoms with Crippen LogP contribution in [0.3, 0.4) is 0 Å². The quantitative estimate of drug-likeness (QED) is 0.0805. The Morgan fingerprint density at radius 3 is 0.950 bits per heavy atom. The minimum absolute atomic E-state index is 0.150. The van der Waals surface area contributed by atoms with Gasteiger partial charge in [-0.2, -0.15) is 0 Å². The van der Waals surface area contributed by atoms with Crippen LogP contribution in [0.25, 0.3) is 11.1 Å². The van der Waals surface area contributed by atoms with Crippen LogP contribution in [0.4, 0.5) is 34.1 Å². The molecule has 2 unspecified atom stereocenters. The molecule has 6 aromatic carbocycles. The summed E-state index contributed by atoms with van der Waals surface area (Å²) in [5.74, 6) is 1.08. The first-order valence-electron chi connectivity index (χ1n) is 23.2. The highest BCUT2D eigenvalue weighted by molar-refractivity contribution is 5.81. The molecule has 0 spiro atoms. The second-order valence-corrected chi connectivity index (χ2v) is 18.4. The number of rotatable bonds is 19. The zero-order valence-corrected chi connectivity index (χ0v) is 38.6. The molecule has 0 aliphatic rings. The Labute approximate surface area is 364 Å². The highest BCUT2D eigenvalue weighted by Gasteiger charge is 2.25. The lowest BCUT2D eigenvalue weighted by atomic mass is 9.75. The van der Waals surface area contributed by atoms with Crippen LogP contribution in [-0.4, -0.2) is 0 Å². The van der Waals surface area contributed by atoms with Crippen LogP contribution >= 0.6 is 0 Å². The van der Waals surface area contributed by atoms with E-state index in [0.717, 1.165) is 24.2 Å². The number of hydrogen-bond donors (Lipinski definition) is 0. The molecule has 0 saturated heterocycles. The van der Waals surface area contributed by atoms with Gasteiger partial charge in [0.2, 0.25) is 0 Å². The van der Waals surface area contributed by atoms with Gasteiger partial charge in [0.25, 0.3) is 0 Å². The fraction of sp³-hybridized carbons (Fsp3) is 0.379. The van der Waals surface area contributed by atoms with E-state index < -0.39 is 0 Å². The van der Waals surface area contributed by atoms with Crippen LogP contribution in [-0.2, 0) is 10.8 Å². The van der Waals surface area contributed by atoms with Crippen molar-refractivity contribution in [3.63, 3.8) is 0 Å². The maximum absolute atomic E-state index is 2.44. The molecule has 2 atom stereocenters. The van der Waals surface area contributed by atoms with Crippen molar-refractivity contribution in [3.05, 3.63) is 168 Å². The Balaban J connectivity index is 1.32. The molecule has 2 nitrogen and oxygen atoms in total. The van der Waals surface area contributed by atoms with Crippen LogP contribution in [0.1, 0.15) is 155 Å². The molecule has 314 valence electrons. The van der Waals surface area contributed by atoms with Gasteiger partial charge in [-0.1, -0.05) is 161 Å². The Hall–Kier alpha value is -5.08. The van der Waals surface area contributed by atoms with E-state index in [4.69, 9.17) is 0 Å². The molecule has 0 fully saturated rings. The van der Waals surface area contributed by atoms with E-state index in [-0.39, 0.29) is 10.8 Å². The molecule has 0 aliphatic heterocycles. The van der Waals surface area contributed by atoms with Gasteiger partial charge in [-0.15, -0.1) is 0 Å². The molecule has 0 amide bonds. The van der Waals surface area contributed by atoms with Gasteiger partial charge in [-0.05, 0) is 161 Å². The zero-order valence-electron chi connectivity index (χ0n) is 38.6. The molecule has 0 aromatic heterocycles. The third-order valence-corrected chi connectivity index (χ3v) is 13.5. The molecule has 0 bridgehead atoms. The smallest absolute Gasteiger partial charge is 0.0462 e. The topological polar surface area (TPSA) is 6.48 Å². The van der Waals surface area contributed by atoms with Crippen molar-refractivity contribution in [3.8, 4) is 11.1 Å². The van der Waals surface area contributed by atoms with Gasteiger partial charge in [-0.3, -0.25) is 0 Å². The monoisotopic (exact) mass is 797 g/mol. The molecule has 0 radical (unpaired) electrons. The van der Waals surface area contributed by atoms with Gasteiger partial charge < -0.3 is 9.80 Å². The summed E-state index contributed by atoms with van der Waals surface area (Å²) in [5, 5.41) is 0. The second-order valence-electron chi connectivity index (χ2n) is 18.4. The van der Waals surface area contributed by atoms with Gasteiger partial charge in [-0.25, -0.2) is 0 Å². The van der Waals surface area contributed by atoms with E-state index in [0.29, 0.717) is 11.8 Å². The van der Waals surface area contributed by atoms with Gasteiger partial charge >= 0.3 is 0 Å². The maximum Gasteiger partial charge on any atom is 0.0462 e. The average Bonchev–Trinajstić information content (AvgIpc) is 3.27. The van der Waals surface area contributed by atoms with E-state index in [1.165, 1.54) is 94.7 Å². The molecular weight excluding hydrogens is 725 g/mol. The van der Waals surface area contributed by atoms with Crippen LogP contribution < -0.4 is 9.80 Å². The lowest BCUT2D eigenvalue weighted by Crippen LogP contribution is -2.21. The van der Waals surface area contributed by atoms with E-state index in [2.05, 4.69) is 225 Å². The molecule has 0 heterocycles. The van der Waals surface area contributed by atoms with Gasteiger partial charge in [0.1, 0.15) is 0 Å². The fourth-order valence-electron chi connectivity index (χ4n) is 9.24. The maximum atomic E-state index is 2.44. The normalized spacial score (nSPS) is 12.9. The zero-order chi connectivity index (χ0) is 42.9. The predicted octanol–water partition coefficient (Wildman–Crippen LogP) is 18.3. The van der Waals surface area contributed by atoms with Gasteiger partial charge in [0.05, 0.1) is 0 Å². The lowest BCUT2D eigenvalue weighted by Gasteiger charge is -2.31. The first-order valence-corrected chi connectivity index (χ1v) is 23.2. The largest absolute Gasteiger partial charge is 0.311 e. The molecule has 0 saturated carbocycles. The van der Waals surface area contributed by atoms with Crippen LogP contribution in [0.15, 0.2) is 146 Å². The van der Waals surface area contributed by atoms with Crippen molar-refractivity contribution in [2.75, 3.05) is 9.80 Å². The molecule has 6 aromatic rings. The van der Waals surface area contributed by atoms with Crippen molar-refractivity contribution in [1.29, 1.82) is 0 Å². The third kappa shape index (κ3) is 10.1. The van der Waals surface area contributed by atoms with E-state index >= 15 is 0 Å². The van der Waals surface area contributed by atoms with Crippen LogP contribution in [0.5, 0.6) is 0 Å². The van der Waals surface area contributed by atoms with Gasteiger partial charge in [0.15, 0.2) is 0 Å². The summed E-state index contributed by atoms with van der Waals surface area (Å²) < 4.78 is 0. The molecular formula is C58H72N2. The predicted molar refractivity (Wildman–Crippen MR) is 264 cm³/mol. The summed E-state index contributed by atoms with van der Waals surface area (Å²) in [4.78, 5) is 4.81. The van der Waals surface area contributed by atoms with Crippen molar-refractivity contribution in [2.24, 2.45) is 0 Å². The Morgan fingerprint density at radius 1 is 0.367 bits per heavy atom. The summed E-state index contributed by atoms with van der Waals surface area (Å²) in [6.07, 6.45) is 9.41. The van der Waals surface area contributed by atoms with Gasteiger partial charge in [0, 0.05) is 34.1 Å². The molecule has 0 aliphatic carbocycles. The van der Waals surface area contributed by atoms with Crippen molar-refractivity contribution >= 4 is 34.1 Å². The molecule has 0 N–H and O–H groups in total. The molecule has 6 rings (SSSR count). The van der Waals surface area contributed by atoms with E-state index in [1.807, 2.05) is 0 Å². The first kappa shape index (κ1) is 44.5. The first-order chi connectivity index (χ1) is 28.9. The third-order valence-electron chi connectivity index (χ3n) is 13.5. The lowest BCUT2D eigenvalue weighted by molar-refractivity contribution is 0.392. The summed E-state index contributed by atoms with van der Waals surface area (Å²) in [5.41, 5.74) is 15.4. The number of hydrogen-bond acceptors (Lipinski definition) is 2. The summed E-state index contributed by atoms with van der Waals surface area (Å²) in [6, 6.07) is 55.3. The van der Waals surface area contributed by atoms with E-state index in [9.17, 15) is 0 Å². The minimum atomic E-state index is 0.150. The van der Waals surface area contributed by atoms with E-state index in [1.54, 1.807) is 0 Å². The Morgan fingerprint density at radius 2 is 0.650 bits per heavy atom. The number of benzene rings is 6. The fourth-order valence-corrected chi connectivity index (χ4v) is 9.24. The minimum Gasteiger partial charge on any atom is -0.311 e. The van der Waals surface area contributed by atoms with Crippen LogP contribution in [0, 0.1) is 0 Å². The molecule has 60 heavy (non-hydrogen) atoms. The van der Waals surface area contributed by atoms with Crippen molar-refractivity contribution in [2.45, 2.75) is 143 Å². The number of anilines is 6. The SMILES string of the molecule is CCCC(C)(C)c1ccc(N(c2ccc(-c3ccc(N(c4ccc(C(C)CC)cc4)c4ccc(C(C)(CCC)CCC)cc4)cc3)cc2)c2ccc(C(C)CC)cc2)cc1. The average molecular weight is 797 g/mol. The number of nitrogens with zero attached hydrogens (tertiary/aromatic N) is 2. The Bertz CT molecular complexity index is 2190. The summed E-state index contributed by atoms with van der Waals surface area (Å²) in [6.45, 7) is 23.2. The van der Waals surface area contributed by atoms with Crippen molar-refractivity contribution in [1.82, 2.24) is 0 Å². The highest BCUT2D eigenvalue weighted by Crippen LogP contribution is 2.41. The van der Waals surface area contributed by atoms with Crippen LogP contribution in [0.2, 0.25) is 0 Å². The van der Waals surface area contributed by atoms with Crippen molar-refractivity contribution < 1.29 is 0 Å². The second kappa shape index (κ2) is 20.0. The molecule has 2 heteroatoms. The summed E-state index contributed by atoms with van der Waals surface area (Å²) >= 11 is 0.